The number of hydrazine groups is 1. The van der Waals surface area contributed by atoms with Crippen molar-refractivity contribution in [2.24, 2.45) is 0 Å². The van der Waals surface area contributed by atoms with Gasteiger partial charge in [-0.15, -0.1) is 0 Å². The largest absolute Gasteiger partial charge is 1.00 e. The predicted molar refractivity (Wildman–Crippen MR) is 102 cm³/mol. The molecule has 1 amide bonds. The molecule has 4 N–H and O–H groups in total. The number of nitrogens with zero attached hydrogens (tertiary/aromatic N) is 1. The number of rotatable bonds is 6. The minimum absolute atomic E-state index is 0. The van der Waals surface area contributed by atoms with E-state index in [1.54, 1.807) is 0 Å². The van der Waals surface area contributed by atoms with E-state index in [2.05, 4.69) is 15.3 Å². The Morgan fingerprint density at radius 1 is 1.18 bits per heavy atom. The van der Waals surface area contributed by atoms with Crippen LogP contribution in [0, 0.1) is 11.6 Å². The van der Waals surface area contributed by atoms with E-state index in [0.29, 0.717) is 6.07 Å². The quantitative estimate of drug-likeness (QED) is 0.184. The molecule has 8 nitrogen and oxygen atoms in total. The minimum Gasteiger partial charge on any atom is -1.00 e. The van der Waals surface area contributed by atoms with Crippen LogP contribution in [0.25, 0.3) is 0 Å². The summed E-state index contributed by atoms with van der Waals surface area (Å²) < 4.78 is 82.8. The number of hydrogen-bond acceptors (Lipinski definition) is 5. The van der Waals surface area contributed by atoms with E-state index in [4.69, 9.17) is 9.79 Å². The first-order valence-electron chi connectivity index (χ1n) is 8.76. The van der Waals surface area contributed by atoms with Crippen LogP contribution in [0.4, 0.5) is 22.0 Å². The van der Waals surface area contributed by atoms with E-state index in [1.807, 2.05) is 0 Å². The van der Waals surface area contributed by atoms with Crippen LogP contribution in [0.5, 0.6) is 5.75 Å². The number of nitrogens with one attached hydrogen (secondary N) is 2. The number of carbonyl (C=O) groups excluding carboxylic acids is 1. The average molecular weight is 527 g/mol. The van der Waals surface area contributed by atoms with Gasteiger partial charge >= 0.3 is 73.1 Å². The summed E-state index contributed by atoms with van der Waals surface area (Å²) in [4.78, 5) is 29.7. The van der Waals surface area contributed by atoms with Crippen molar-refractivity contribution in [2.45, 2.75) is 12.7 Å². The number of hydrogen-bond donors (Lipinski definition) is 4. The van der Waals surface area contributed by atoms with Gasteiger partial charge in [0.25, 0.3) is 5.91 Å². The number of phosphoric ester groups is 1. The van der Waals surface area contributed by atoms with Crippen LogP contribution in [-0.2, 0) is 17.3 Å². The molecule has 176 valence electrons. The number of amides is 1. The van der Waals surface area contributed by atoms with Gasteiger partial charge in [-0.3, -0.25) is 14.6 Å². The number of phosphoric acid groups is 1. The van der Waals surface area contributed by atoms with Crippen LogP contribution < -0.4 is 74.4 Å². The molecule has 1 heterocycles. The first-order chi connectivity index (χ1) is 14.8. The molecule has 2 aromatic rings. The summed E-state index contributed by atoms with van der Waals surface area (Å²) in [5.74, 6) is -3.90. The SMILES string of the molecule is O=C(NC1=CCN(Cc2ccc(OP(=O)(O)O)cc2C(F)(F)F)N1)c1c(F)cccc1F.[H-].[H-].[Na+].[Na+]. The third-order valence-electron chi connectivity index (χ3n) is 4.20. The van der Waals surface area contributed by atoms with Gasteiger partial charge in [0, 0.05) is 13.1 Å². The molecule has 0 atom stereocenters. The molecule has 0 fully saturated rings. The minimum atomic E-state index is -5.05. The summed E-state index contributed by atoms with van der Waals surface area (Å²) in [6.45, 7) is -0.303. The molecule has 1 aliphatic rings. The Labute approximate surface area is 237 Å². The molecule has 0 radical (unpaired) electrons. The first kappa shape index (κ1) is 31.0. The monoisotopic (exact) mass is 527 g/mol. The molecule has 34 heavy (non-hydrogen) atoms. The average Bonchev–Trinajstić information content (AvgIpc) is 3.07. The fourth-order valence-corrected chi connectivity index (χ4v) is 3.29. The van der Waals surface area contributed by atoms with Crippen LogP contribution in [0.3, 0.4) is 0 Å². The number of carbonyl (C=O) groups is 1. The molecule has 3 rings (SSSR count). The Bertz CT molecular complexity index is 1120. The van der Waals surface area contributed by atoms with Gasteiger partial charge in [-0.2, -0.15) is 13.2 Å². The van der Waals surface area contributed by atoms with Crippen LogP contribution in [0.2, 0.25) is 0 Å². The van der Waals surface area contributed by atoms with Crippen LogP contribution in [0.1, 0.15) is 24.3 Å². The molecular formula is C18H17F5N3Na2O5P. The summed E-state index contributed by atoms with van der Waals surface area (Å²) in [6, 6.07) is 5.31. The van der Waals surface area contributed by atoms with E-state index in [0.717, 1.165) is 30.3 Å². The maximum Gasteiger partial charge on any atom is 1.00 e. The smallest absolute Gasteiger partial charge is 1.00 e. The molecule has 0 aliphatic carbocycles. The van der Waals surface area contributed by atoms with Gasteiger partial charge in [0.2, 0.25) is 0 Å². The maximum absolute atomic E-state index is 13.7. The fraction of sp³-hybridized carbons (Fsp3) is 0.167. The summed E-state index contributed by atoms with van der Waals surface area (Å²) in [5.41, 5.74) is 0.349. The van der Waals surface area contributed by atoms with Gasteiger partial charge in [-0.1, -0.05) is 12.1 Å². The van der Waals surface area contributed by atoms with Crippen molar-refractivity contribution >= 4 is 13.7 Å². The van der Waals surface area contributed by atoms with Crippen molar-refractivity contribution in [1.82, 2.24) is 15.8 Å². The summed E-state index contributed by atoms with van der Waals surface area (Å²) >= 11 is 0. The van der Waals surface area contributed by atoms with Gasteiger partial charge in [-0.05, 0) is 35.9 Å². The van der Waals surface area contributed by atoms with Gasteiger partial charge in [0.15, 0.2) is 0 Å². The van der Waals surface area contributed by atoms with Crippen molar-refractivity contribution in [3.05, 3.63) is 76.6 Å². The van der Waals surface area contributed by atoms with E-state index in [9.17, 15) is 31.3 Å². The second-order valence-corrected chi connectivity index (χ2v) is 7.72. The van der Waals surface area contributed by atoms with Crippen LogP contribution in [-0.4, -0.2) is 27.2 Å². The zero-order valence-corrected chi connectivity index (χ0v) is 22.8. The van der Waals surface area contributed by atoms with Gasteiger partial charge in [0.05, 0.1) is 5.56 Å². The van der Waals surface area contributed by atoms with Crippen molar-refractivity contribution in [1.29, 1.82) is 0 Å². The molecule has 0 aromatic heterocycles. The molecule has 0 unspecified atom stereocenters. The Morgan fingerprint density at radius 3 is 2.35 bits per heavy atom. The second kappa shape index (κ2) is 12.3. The van der Waals surface area contributed by atoms with Gasteiger partial charge in [0.1, 0.15) is 28.8 Å². The van der Waals surface area contributed by atoms with Crippen molar-refractivity contribution < 1.29 is 108 Å². The zero-order chi connectivity index (χ0) is 23.7. The predicted octanol–water partition coefficient (Wildman–Crippen LogP) is -2.72. The third-order valence-corrected chi connectivity index (χ3v) is 4.65. The summed E-state index contributed by atoms with van der Waals surface area (Å²) in [6.07, 6.45) is -3.47. The Hall–Kier alpha value is -0.990. The topological polar surface area (TPSA) is 111 Å². The number of alkyl halides is 3. The number of benzene rings is 2. The van der Waals surface area contributed by atoms with E-state index in [-0.39, 0.29) is 86.4 Å². The Morgan fingerprint density at radius 2 is 1.79 bits per heavy atom. The number of halogens is 5. The van der Waals surface area contributed by atoms with Crippen molar-refractivity contribution in [3.8, 4) is 5.75 Å². The normalized spacial score (nSPS) is 13.8. The van der Waals surface area contributed by atoms with Crippen LogP contribution in [0.15, 0.2) is 48.3 Å². The van der Waals surface area contributed by atoms with E-state index >= 15 is 0 Å². The fourth-order valence-electron chi connectivity index (χ4n) is 2.90. The summed E-state index contributed by atoms with van der Waals surface area (Å²) in [5, 5.41) is 3.50. The van der Waals surface area contributed by atoms with Crippen molar-refractivity contribution in [2.75, 3.05) is 6.54 Å². The summed E-state index contributed by atoms with van der Waals surface area (Å²) in [7, 11) is -5.05. The molecular weight excluding hydrogens is 510 g/mol. The Balaban J connectivity index is 0. The van der Waals surface area contributed by atoms with Gasteiger partial charge in [-0.25, -0.2) is 18.4 Å². The Kier molecular flexibility index (Phi) is 11.2. The molecule has 0 saturated carbocycles. The van der Waals surface area contributed by atoms with E-state index < -0.39 is 48.4 Å². The first-order valence-corrected chi connectivity index (χ1v) is 10.3. The van der Waals surface area contributed by atoms with Crippen LogP contribution >= 0.6 is 7.82 Å². The molecule has 0 bridgehead atoms. The standard InChI is InChI=1S/C18H15F5N3O5P.2Na.2H/c19-13-2-1-3-14(20)16(13)17(27)24-15-6-7-26(25-15)9-10-4-5-11(31-32(28,29)30)8-12(10)18(21,22)23;;;;/h1-6,8,25H,7,9H2,(H,24,27)(H2,28,29,30);;;;/q;2*+1;2*-1. The maximum atomic E-state index is 13.7. The molecule has 16 heteroatoms. The van der Waals surface area contributed by atoms with Gasteiger partial charge < -0.3 is 18.1 Å². The third kappa shape index (κ3) is 8.30. The second-order valence-electron chi connectivity index (χ2n) is 6.56. The molecule has 1 aliphatic heterocycles. The molecule has 0 spiro atoms. The zero-order valence-electron chi connectivity index (χ0n) is 19.9. The van der Waals surface area contributed by atoms with Crippen molar-refractivity contribution in [3.63, 3.8) is 0 Å². The molecule has 0 saturated heterocycles. The van der Waals surface area contributed by atoms with E-state index in [1.165, 1.54) is 11.1 Å². The molecule has 2 aromatic carbocycles.